The van der Waals surface area contributed by atoms with E-state index in [1.165, 1.54) is 6.20 Å². The summed E-state index contributed by atoms with van der Waals surface area (Å²) >= 11 is 12.1. The van der Waals surface area contributed by atoms with E-state index in [2.05, 4.69) is 25.6 Å². The van der Waals surface area contributed by atoms with Gasteiger partial charge in [0.15, 0.2) is 5.69 Å². The number of benzene rings is 1. The topological polar surface area (TPSA) is 73.9 Å². The molecule has 1 atom stereocenters. The number of nitrogens with one attached hydrogen (secondary N) is 2. The number of rotatable bonds is 3. The van der Waals surface area contributed by atoms with Crippen molar-refractivity contribution in [3.8, 4) is 0 Å². The minimum absolute atomic E-state index is 0.0564. The SMILES string of the molecule is O=C(N[C@H]1CCN(c2ccc(Cl)cc2Cl)C1)c1cn[nH]n1. The van der Waals surface area contributed by atoms with Crippen LogP contribution in [0.4, 0.5) is 5.69 Å². The predicted molar refractivity (Wildman–Crippen MR) is 80.9 cm³/mol. The molecule has 2 aromatic rings. The van der Waals surface area contributed by atoms with Crippen molar-refractivity contribution in [1.29, 1.82) is 0 Å². The van der Waals surface area contributed by atoms with Crippen LogP contribution < -0.4 is 10.2 Å². The molecule has 1 aromatic carbocycles. The van der Waals surface area contributed by atoms with Gasteiger partial charge in [-0.15, -0.1) is 0 Å². The highest BCUT2D eigenvalue weighted by molar-refractivity contribution is 6.36. The van der Waals surface area contributed by atoms with Crippen LogP contribution in [0.25, 0.3) is 0 Å². The number of hydrogen-bond acceptors (Lipinski definition) is 4. The van der Waals surface area contributed by atoms with Crippen LogP contribution in [0, 0.1) is 0 Å². The van der Waals surface area contributed by atoms with Crippen molar-refractivity contribution < 1.29 is 4.79 Å². The fourth-order valence-corrected chi connectivity index (χ4v) is 2.93. The lowest BCUT2D eigenvalue weighted by Gasteiger charge is -2.20. The van der Waals surface area contributed by atoms with Crippen LogP contribution >= 0.6 is 23.2 Å². The van der Waals surface area contributed by atoms with Crippen molar-refractivity contribution in [3.05, 3.63) is 40.1 Å². The standard InChI is InChI=1S/C13H13Cl2N5O/c14-8-1-2-12(10(15)5-8)20-4-3-9(7-20)17-13(21)11-6-16-19-18-11/h1-2,5-6,9H,3-4,7H2,(H,17,21)(H,16,18,19)/t9-/m0/s1. The summed E-state index contributed by atoms with van der Waals surface area (Å²) in [6.07, 6.45) is 2.25. The van der Waals surface area contributed by atoms with Crippen LogP contribution in [0.15, 0.2) is 24.4 Å². The molecule has 0 saturated carbocycles. The smallest absolute Gasteiger partial charge is 0.273 e. The van der Waals surface area contributed by atoms with Gasteiger partial charge in [-0.2, -0.15) is 15.4 Å². The van der Waals surface area contributed by atoms with Crippen LogP contribution in [-0.2, 0) is 0 Å². The van der Waals surface area contributed by atoms with Crippen molar-refractivity contribution in [2.45, 2.75) is 12.5 Å². The first-order valence-corrected chi connectivity index (χ1v) is 7.25. The summed E-state index contributed by atoms with van der Waals surface area (Å²) in [6.45, 7) is 1.52. The number of anilines is 1. The van der Waals surface area contributed by atoms with Crippen LogP contribution in [0.3, 0.4) is 0 Å². The Hall–Kier alpha value is -1.79. The summed E-state index contributed by atoms with van der Waals surface area (Å²) < 4.78 is 0. The third-order valence-electron chi connectivity index (χ3n) is 3.42. The quantitative estimate of drug-likeness (QED) is 0.906. The molecule has 1 saturated heterocycles. The van der Waals surface area contributed by atoms with Gasteiger partial charge >= 0.3 is 0 Å². The van der Waals surface area contributed by atoms with E-state index in [0.29, 0.717) is 16.6 Å². The van der Waals surface area contributed by atoms with Crippen molar-refractivity contribution in [2.24, 2.45) is 0 Å². The summed E-state index contributed by atoms with van der Waals surface area (Å²) in [7, 11) is 0. The first kappa shape index (κ1) is 14.2. The lowest BCUT2D eigenvalue weighted by Crippen LogP contribution is -2.37. The molecule has 2 heterocycles. The Morgan fingerprint density at radius 2 is 2.29 bits per heavy atom. The zero-order valence-electron chi connectivity index (χ0n) is 11.0. The zero-order valence-corrected chi connectivity index (χ0v) is 12.5. The Kier molecular flexibility index (Phi) is 3.98. The lowest BCUT2D eigenvalue weighted by atomic mass is 10.2. The molecule has 21 heavy (non-hydrogen) atoms. The Labute approximate surface area is 131 Å². The van der Waals surface area contributed by atoms with Gasteiger partial charge < -0.3 is 10.2 Å². The molecule has 0 unspecified atom stereocenters. The van der Waals surface area contributed by atoms with Crippen molar-refractivity contribution >= 4 is 34.8 Å². The molecule has 0 aliphatic carbocycles. The molecule has 0 spiro atoms. The van der Waals surface area contributed by atoms with Crippen LogP contribution in [-0.4, -0.2) is 40.4 Å². The maximum atomic E-state index is 11.9. The molecule has 6 nitrogen and oxygen atoms in total. The second-order valence-electron chi connectivity index (χ2n) is 4.86. The fourth-order valence-electron chi connectivity index (χ4n) is 2.40. The molecule has 1 aliphatic rings. The molecule has 1 amide bonds. The average molecular weight is 326 g/mol. The number of hydrogen-bond donors (Lipinski definition) is 2. The maximum Gasteiger partial charge on any atom is 0.273 e. The number of aromatic amines is 1. The van der Waals surface area contributed by atoms with Gasteiger partial charge in [-0.25, -0.2) is 0 Å². The van der Waals surface area contributed by atoms with Gasteiger partial charge in [0.2, 0.25) is 0 Å². The van der Waals surface area contributed by atoms with Crippen LogP contribution in [0.1, 0.15) is 16.9 Å². The monoisotopic (exact) mass is 325 g/mol. The van der Waals surface area contributed by atoms with Gasteiger partial charge in [-0.1, -0.05) is 23.2 Å². The van der Waals surface area contributed by atoms with E-state index in [1.54, 1.807) is 6.07 Å². The highest BCUT2D eigenvalue weighted by Crippen LogP contribution is 2.31. The van der Waals surface area contributed by atoms with Gasteiger partial charge in [0.1, 0.15) is 0 Å². The van der Waals surface area contributed by atoms with E-state index in [9.17, 15) is 4.79 Å². The molecule has 1 aromatic heterocycles. The summed E-state index contributed by atoms with van der Waals surface area (Å²) in [5.74, 6) is -0.224. The van der Waals surface area contributed by atoms with Crippen LogP contribution in [0.5, 0.6) is 0 Å². The summed E-state index contributed by atoms with van der Waals surface area (Å²) in [6, 6.07) is 5.48. The molecule has 1 fully saturated rings. The zero-order chi connectivity index (χ0) is 14.8. The molecule has 1 aliphatic heterocycles. The first-order valence-electron chi connectivity index (χ1n) is 6.50. The van der Waals surface area contributed by atoms with E-state index in [0.717, 1.165) is 18.7 Å². The number of nitrogens with zero attached hydrogens (tertiary/aromatic N) is 3. The minimum atomic E-state index is -0.224. The number of H-pyrrole nitrogens is 1. The van der Waals surface area contributed by atoms with E-state index in [4.69, 9.17) is 23.2 Å². The van der Waals surface area contributed by atoms with Gasteiger partial charge in [0, 0.05) is 24.2 Å². The van der Waals surface area contributed by atoms with Gasteiger partial charge in [0.25, 0.3) is 5.91 Å². The van der Waals surface area contributed by atoms with Crippen molar-refractivity contribution in [3.63, 3.8) is 0 Å². The van der Waals surface area contributed by atoms with E-state index in [-0.39, 0.29) is 17.6 Å². The molecule has 8 heteroatoms. The largest absolute Gasteiger partial charge is 0.368 e. The number of aromatic nitrogens is 3. The highest BCUT2D eigenvalue weighted by Gasteiger charge is 2.26. The molecule has 3 rings (SSSR count). The van der Waals surface area contributed by atoms with Crippen molar-refractivity contribution in [2.75, 3.05) is 18.0 Å². The Bertz CT molecular complexity index is 646. The number of carbonyl (C=O) groups is 1. The molecule has 0 bridgehead atoms. The molecular formula is C13H13Cl2N5O. The van der Waals surface area contributed by atoms with E-state index < -0.39 is 0 Å². The predicted octanol–water partition coefficient (Wildman–Crippen LogP) is 2.12. The average Bonchev–Trinajstić information content (AvgIpc) is 3.09. The summed E-state index contributed by atoms with van der Waals surface area (Å²) in [5.41, 5.74) is 1.22. The molecule has 2 N–H and O–H groups in total. The minimum Gasteiger partial charge on any atom is -0.368 e. The van der Waals surface area contributed by atoms with E-state index in [1.807, 2.05) is 12.1 Å². The molecule has 110 valence electrons. The van der Waals surface area contributed by atoms with Crippen molar-refractivity contribution in [1.82, 2.24) is 20.7 Å². The molecule has 0 radical (unpaired) electrons. The van der Waals surface area contributed by atoms with Crippen LogP contribution in [0.2, 0.25) is 10.0 Å². The summed E-state index contributed by atoms with van der Waals surface area (Å²) in [5, 5.41) is 14.0. The van der Waals surface area contributed by atoms with Gasteiger partial charge in [0.05, 0.1) is 16.9 Å². The third kappa shape index (κ3) is 3.11. The molecular weight excluding hydrogens is 313 g/mol. The van der Waals surface area contributed by atoms with Gasteiger partial charge in [-0.3, -0.25) is 4.79 Å². The Morgan fingerprint density at radius 3 is 3.00 bits per heavy atom. The number of carbonyl (C=O) groups excluding carboxylic acids is 1. The van der Waals surface area contributed by atoms with E-state index >= 15 is 0 Å². The second kappa shape index (κ2) is 5.91. The summed E-state index contributed by atoms with van der Waals surface area (Å²) in [4.78, 5) is 14.1. The Morgan fingerprint density at radius 1 is 1.43 bits per heavy atom. The second-order valence-corrected chi connectivity index (χ2v) is 5.70. The maximum absolute atomic E-state index is 11.9. The number of amides is 1. The fraction of sp³-hybridized carbons (Fsp3) is 0.308. The normalized spacial score (nSPS) is 18.0. The Balaban J connectivity index is 1.64. The lowest BCUT2D eigenvalue weighted by molar-refractivity contribution is 0.0935. The van der Waals surface area contributed by atoms with Gasteiger partial charge in [-0.05, 0) is 24.6 Å². The first-order chi connectivity index (χ1) is 10.1. The third-order valence-corrected chi connectivity index (χ3v) is 3.96. The highest BCUT2D eigenvalue weighted by atomic mass is 35.5. The number of halogens is 2.